The van der Waals surface area contributed by atoms with Crippen LogP contribution in [0.1, 0.15) is 119 Å². The Morgan fingerprint density at radius 1 is 0.764 bits per heavy atom. The molecule has 0 aliphatic carbocycles. The zero-order valence-electron chi connectivity index (χ0n) is 44.5. The summed E-state index contributed by atoms with van der Waals surface area (Å²) in [6.45, 7) is 19.2. The third-order valence-corrected chi connectivity index (χ3v) is 13.1. The second kappa shape index (κ2) is 27.3. The Labute approximate surface area is 434 Å². The van der Waals surface area contributed by atoms with Gasteiger partial charge in [-0.3, -0.25) is 24.0 Å². The molecule has 7 atom stereocenters. The molecule has 0 aliphatic rings. The Hall–Kier alpha value is -5.80. The highest BCUT2D eigenvalue weighted by atomic mass is 79.9. The number of benzene rings is 2. The summed E-state index contributed by atoms with van der Waals surface area (Å²) in [4.78, 5) is 102. The predicted octanol–water partition coefficient (Wildman–Crippen LogP) is 6.67. The standard InChI is InChI=1S/C54H79BrN8O9/c1-32(2)25-41(50(67)60(11)35(7)53(71)72-46(52(69)70)19-16-24-56)58-48(65)45(28-37-31-63(43-18-15-14-17-39(37)43)30-36-20-22-38(55)23-21-36)62(13)51(68)42(26-33(3)4)59-47(64)44(27-34(5)6)61(12)49(66)40(57)29-54(8,9)10/h14-15,17-18,20-23,31-35,40-42,44-46H,16,19,25-30,57H2,1-13H3,(H,58,65)(H,59,64)(H,69,70)/t35-,40-,41-,42-,44-,45-,46+/m0/s1. The van der Waals surface area contributed by atoms with Crippen LogP contribution in [0, 0.1) is 34.5 Å². The molecule has 3 aromatic rings. The number of amides is 5. The molecule has 18 heteroatoms. The number of hydrogen-bond donors (Lipinski definition) is 4. The lowest BCUT2D eigenvalue weighted by atomic mass is 9.87. The van der Waals surface area contributed by atoms with Crippen molar-refractivity contribution in [2.75, 3.05) is 21.1 Å². The number of carbonyl (C=O) groups is 7. The van der Waals surface area contributed by atoms with E-state index in [1.54, 1.807) is 7.05 Å². The van der Waals surface area contributed by atoms with E-state index in [4.69, 9.17) is 15.7 Å². The molecule has 17 nitrogen and oxygen atoms in total. The van der Waals surface area contributed by atoms with Gasteiger partial charge in [0.25, 0.3) is 0 Å². The molecule has 72 heavy (non-hydrogen) atoms. The van der Waals surface area contributed by atoms with Crippen LogP contribution in [0.4, 0.5) is 0 Å². The Morgan fingerprint density at radius 3 is 1.79 bits per heavy atom. The van der Waals surface area contributed by atoms with Crippen LogP contribution in [-0.2, 0) is 51.3 Å². The lowest BCUT2D eigenvalue weighted by Crippen LogP contribution is -2.60. The number of carbonyl (C=O) groups excluding carboxylic acids is 6. The summed E-state index contributed by atoms with van der Waals surface area (Å²) in [5.41, 5.74) is 8.80. The number of para-hydroxylation sites is 1. The summed E-state index contributed by atoms with van der Waals surface area (Å²) < 4.78 is 8.22. The molecule has 1 aromatic heterocycles. The van der Waals surface area contributed by atoms with E-state index in [1.165, 1.54) is 30.8 Å². The number of hydrogen-bond acceptors (Lipinski definition) is 10. The lowest BCUT2D eigenvalue weighted by molar-refractivity contribution is -0.169. The van der Waals surface area contributed by atoms with Crippen molar-refractivity contribution in [1.82, 2.24) is 29.9 Å². The summed E-state index contributed by atoms with van der Waals surface area (Å²) >= 11 is 3.51. The molecule has 3 rings (SSSR count). The minimum absolute atomic E-state index is 0.0103. The van der Waals surface area contributed by atoms with Crippen LogP contribution in [0.15, 0.2) is 59.2 Å². The number of nitrogens with zero attached hydrogens (tertiary/aromatic N) is 5. The first-order valence-electron chi connectivity index (χ1n) is 24.8. The number of nitrogens with one attached hydrogen (secondary N) is 2. The van der Waals surface area contributed by atoms with Gasteiger partial charge in [-0.2, -0.15) is 5.26 Å². The van der Waals surface area contributed by atoms with E-state index in [1.807, 2.05) is 123 Å². The van der Waals surface area contributed by atoms with Crippen molar-refractivity contribution in [2.24, 2.45) is 28.9 Å². The molecule has 1 heterocycles. The number of nitrogens with two attached hydrogens (primary N) is 1. The van der Waals surface area contributed by atoms with E-state index in [-0.39, 0.29) is 55.3 Å². The molecular weight excluding hydrogens is 985 g/mol. The minimum Gasteiger partial charge on any atom is -0.479 e. The first-order chi connectivity index (χ1) is 33.6. The summed E-state index contributed by atoms with van der Waals surface area (Å²) in [7, 11) is 4.39. The van der Waals surface area contributed by atoms with Crippen molar-refractivity contribution in [3.05, 3.63) is 70.3 Å². The number of carboxylic acid groups (broad SMARTS) is 1. The summed E-state index contributed by atoms with van der Waals surface area (Å²) in [5, 5.41) is 25.3. The van der Waals surface area contributed by atoms with Gasteiger partial charge in [0.2, 0.25) is 29.5 Å². The topological polar surface area (TPSA) is 237 Å². The first-order valence-corrected chi connectivity index (χ1v) is 25.6. The molecule has 0 aliphatic heterocycles. The van der Waals surface area contributed by atoms with Gasteiger partial charge >= 0.3 is 11.9 Å². The van der Waals surface area contributed by atoms with Gasteiger partial charge in [0.05, 0.1) is 12.1 Å². The fraction of sp³-hybridized carbons (Fsp3) is 0.593. The second-order valence-electron chi connectivity index (χ2n) is 21.5. The smallest absolute Gasteiger partial charge is 0.345 e. The fourth-order valence-electron chi connectivity index (χ4n) is 8.65. The number of nitriles is 1. The maximum atomic E-state index is 15.1. The first kappa shape index (κ1) is 60.5. The SMILES string of the molecule is CC(C)C[C@H](NC(=O)[C@H](Cc1cn(Cc2ccc(Br)cc2)c2ccccc12)N(C)C(=O)[C@H](CC(C)C)NC(=O)[C@H](CC(C)C)N(C)C(=O)[C@@H](N)CC(C)(C)C)C(=O)N(C)[C@@H](C)C(=O)O[C@H](CCC#N)C(=O)O. The van der Waals surface area contributed by atoms with Gasteiger partial charge in [0, 0.05) is 68.5 Å². The molecule has 5 N–H and O–H groups in total. The molecule has 2 aromatic carbocycles. The molecule has 5 amide bonds. The third-order valence-electron chi connectivity index (χ3n) is 12.6. The molecule has 0 bridgehead atoms. The van der Waals surface area contributed by atoms with Crippen LogP contribution >= 0.6 is 15.9 Å². The van der Waals surface area contributed by atoms with Gasteiger partial charge in [-0.25, -0.2) is 9.59 Å². The van der Waals surface area contributed by atoms with Crippen LogP contribution < -0.4 is 16.4 Å². The van der Waals surface area contributed by atoms with Crippen molar-refractivity contribution in [1.29, 1.82) is 5.26 Å². The van der Waals surface area contributed by atoms with E-state index in [9.17, 15) is 29.1 Å². The minimum atomic E-state index is -1.60. The number of esters is 1. The van der Waals surface area contributed by atoms with E-state index in [0.29, 0.717) is 19.4 Å². The highest BCUT2D eigenvalue weighted by Crippen LogP contribution is 2.27. The highest BCUT2D eigenvalue weighted by Gasteiger charge is 2.39. The maximum absolute atomic E-state index is 15.1. The van der Waals surface area contributed by atoms with Crippen molar-refractivity contribution in [3.63, 3.8) is 0 Å². The quantitative estimate of drug-likeness (QED) is 0.0620. The van der Waals surface area contributed by atoms with E-state index in [2.05, 4.69) is 31.1 Å². The van der Waals surface area contributed by atoms with Crippen LogP contribution in [0.25, 0.3) is 10.9 Å². The number of carboxylic acids is 1. The molecule has 0 saturated carbocycles. The second-order valence-corrected chi connectivity index (χ2v) is 22.4. The Morgan fingerprint density at radius 2 is 1.28 bits per heavy atom. The van der Waals surface area contributed by atoms with Gasteiger partial charge < -0.3 is 45.5 Å². The van der Waals surface area contributed by atoms with Crippen molar-refractivity contribution in [3.8, 4) is 6.07 Å². The maximum Gasteiger partial charge on any atom is 0.345 e. The molecule has 0 radical (unpaired) electrons. The lowest BCUT2D eigenvalue weighted by Gasteiger charge is -2.35. The van der Waals surface area contributed by atoms with Gasteiger partial charge in [0.1, 0.15) is 30.2 Å². The predicted molar refractivity (Wildman–Crippen MR) is 281 cm³/mol. The summed E-state index contributed by atoms with van der Waals surface area (Å²) in [5.74, 6) is -5.54. The Bertz CT molecular complexity index is 2390. The summed E-state index contributed by atoms with van der Waals surface area (Å²) in [6.07, 6.45) is 0.925. The Balaban J connectivity index is 2.13. The molecular formula is C54H79BrN8O9. The largest absolute Gasteiger partial charge is 0.479 e. The van der Waals surface area contributed by atoms with Crippen LogP contribution in [0.5, 0.6) is 0 Å². The van der Waals surface area contributed by atoms with Crippen molar-refractivity contribution in [2.45, 2.75) is 163 Å². The number of halogens is 1. The van der Waals surface area contributed by atoms with Crippen LogP contribution in [0.3, 0.4) is 0 Å². The number of ether oxygens (including phenoxy) is 1. The highest BCUT2D eigenvalue weighted by molar-refractivity contribution is 9.10. The molecule has 396 valence electrons. The number of likely N-dealkylation sites (N-methyl/N-ethyl adjacent to an activating group) is 3. The van der Waals surface area contributed by atoms with E-state index in [0.717, 1.165) is 31.4 Å². The van der Waals surface area contributed by atoms with Gasteiger partial charge in [-0.1, -0.05) is 109 Å². The van der Waals surface area contributed by atoms with Crippen molar-refractivity contribution < 1.29 is 43.4 Å². The van der Waals surface area contributed by atoms with Crippen LogP contribution in [-0.4, -0.2) is 129 Å². The molecule has 0 unspecified atom stereocenters. The Kier molecular flexibility index (Phi) is 22.9. The number of fused-ring (bicyclic) bond motifs is 1. The van der Waals surface area contributed by atoms with Gasteiger partial charge in [-0.15, -0.1) is 0 Å². The zero-order chi connectivity index (χ0) is 54.4. The fourth-order valence-corrected chi connectivity index (χ4v) is 8.91. The van der Waals surface area contributed by atoms with Crippen LogP contribution in [0.2, 0.25) is 0 Å². The number of aliphatic carboxylic acids is 1. The van der Waals surface area contributed by atoms with E-state index < -0.39 is 83.8 Å². The average molecular weight is 1060 g/mol. The normalized spacial score (nSPS) is 14.6. The molecule has 0 spiro atoms. The number of aromatic nitrogens is 1. The monoisotopic (exact) mass is 1060 g/mol. The zero-order valence-corrected chi connectivity index (χ0v) is 46.1. The summed E-state index contributed by atoms with van der Waals surface area (Å²) in [6, 6.07) is 10.8. The molecule has 0 saturated heterocycles. The number of rotatable bonds is 26. The van der Waals surface area contributed by atoms with Crippen molar-refractivity contribution >= 4 is 68.3 Å². The molecule has 0 fully saturated rings. The van der Waals surface area contributed by atoms with E-state index >= 15 is 9.59 Å². The van der Waals surface area contributed by atoms with Gasteiger partial charge in [0.15, 0.2) is 6.10 Å². The average Bonchev–Trinajstić information content (AvgIpc) is 3.64. The third kappa shape index (κ3) is 17.7. The van der Waals surface area contributed by atoms with Gasteiger partial charge in [-0.05, 0) is 85.1 Å².